The summed E-state index contributed by atoms with van der Waals surface area (Å²) >= 11 is 0. The van der Waals surface area contributed by atoms with Crippen LogP contribution in [0.15, 0.2) is 54.6 Å². The van der Waals surface area contributed by atoms with E-state index in [-0.39, 0.29) is 25.2 Å². The minimum atomic E-state index is -0.644. The molecule has 0 saturated heterocycles. The molecule has 28 heavy (non-hydrogen) atoms. The van der Waals surface area contributed by atoms with Crippen molar-refractivity contribution in [3.8, 4) is 5.75 Å². The molecule has 1 N–H and O–H groups in total. The van der Waals surface area contributed by atoms with Gasteiger partial charge in [-0.3, -0.25) is 9.59 Å². The van der Waals surface area contributed by atoms with E-state index in [1.54, 1.807) is 24.3 Å². The highest BCUT2D eigenvalue weighted by Crippen LogP contribution is 2.20. The quantitative estimate of drug-likeness (QED) is 0.503. The molecule has 0 saturated carbocycles. The van der Waals surface area contributed by atoms with Gasteiger partial charge in [-0.05, 0) is 42.2 Å². The normalized spacial score (nSPS) is 11.5. The first-order chi connectivity index (χ1) is 13.5. The monoisotopic (exact) mass is 383 g/mol. The Morgan fingerprint density at radius 1 is 1.00 bits per heavy atom. The molecular formula is C22H25NO5. The van der Waals surface area contributed by atoms with Crippen molar-refractivity contribution in [3.05, 3.63) is 65.7 Å². The van der Waals surface area contributed by atoms with Crippen molar-refractivity contribution >= 4 is 18.2 Å². The van der Waals surface area contributed by atoms with E-state index in [9.17, 15) is 14.4 Å². The lowest BCUT2D eigenvalue weighted by Crippen LogP contribution is -2.33. The highest BCUT2D eigenvalue weighted by molar-refractivity contribution is 5.81. The van der Waals surface area contributed by atoms with Crippen molar-refractivity contribution in [1.82, 2.24) is 5.32 Å². The van der Waals surface area contributed by atoms with Gasteiger partial charge in [0.05, 0.1) is 6.04 Å². The second kappa shape index (κ2) is 10.9. The zero-order valence-electron chi connectivity index (χ0n) is 16.1. The fraction of sp³-hybridized carbons (Fsp3) is 0.318. The Bertz CT molecular complexity index is 771. The van der Waals surface area contributed by atoms with Crippen LogP contribution in [0.3, 0.4) is 0 Å². The summed E-state index contributed by atoms with van der Waals surface area (Å²) in [7, 11) is 0. The first kappa shape index (κ1) is 21.2. The van der Waals surface area contributed by atoms with Crippen LogP contribution >= 0.6 is 0 Å². The van der Waals surface area contributed by atoms with Gasteiger partial charge in [0.15, 0.2) is 13.2 Å². The molecule has 0 aliphatic carbocycles. The van der Waals surface area contributed by atoms with Gasteiger partial charge in [0.1, 0.15) is 12.0 Å². The number of carbonyl (C=O) groups excluding carboxylic acids is 3. The van der Waals surface area contributed by atoms with Gasteiger partial charge in [0.25, 0.3) is 5.91 Å². The Kier molecular flexibility index (Phi) is 8.21. The zero-order valence-corrected chi connectivity index (χ0v) is 16.1. The Balaban J connectivity index is 1.79. The van der Waals surface area contributed by atoms with Gasteiger partial charge in [-0.2, -0.15) is 0 Å². The Labute approximate surface area is 164 Å². The van der Waals surface area contributed by atoms with E-state index in [0.717, 1.165) is 18.3 Å². The predicted molar refractivity (Wildman–Crippen MR) is 105 cm³/mol. The Morgan fingerprint density at radius 2 is 1.68 bits per heavy atom. The minimum Gasteiger partial charge on any atom is -0.482 e. The molecule has 6 heteroatoms. The van der Waals surface area contributed by atoms with Gasteiger partial charge in [0.2, 0.25) is 0 Å². The van der Waals surface area contributed by atoms with Crippen LogP contribution in [0.5, 0.6) is 5.75 Å². The summed E-state index contributed by atoms with van der Waals surface area (Å²) in [4.78, 5) is 34.6. The highest BCUT2D eigenvalue weighted by Gasteiger charge is 2.17. The van der Waals surface area contributed by atoms with Gasteiger partial charge in [-0.15, -0.1) is 0 Å². The van der Waals surface area contributed by atoms with Crippen LogP contribution in [0.25, 0.3) is 0 Å². The molecule has 0 fully saturated rings. The van der Waals surface area contributed by atoms with E-state index >= 15 is 0 Å². The number of amides is 1. The summed E-state index contributed by atoms with van der Waals surface area (Å²) in [5, 5.41) is 2.92. The van der Waals surface area contributed by atoms with Crippen molar-refractivity contribution in [1.29, 1.82) is 0 Å². The maximum atomic E-state index is 12.2. The molecular weight excluding hydrogens is 358 g/mol. The molecule has 0 aromatic heterocycles. The number of nitrogens with one attached hydrogen (secondary N) is 1. The van der Waals surface area contributed by atoms with Gasteiger partial charge in [-0.1, -0.05) is 44.2 Å². The standard InChI is InChI=1S/C22H25NO5/c1-16(2)12-20(18-6-4-3-5-7-18)23-21(25)14-28-22(26)15-27-19-10-8-17(13-24)9-11-19/h3-11,13,16,20H,12,14-15H2,1-2H3,(H,23,25)/t20-/m1/s1. The van der Waals surface area contributed by atoms with Gasteiger partial charge in [-0.25, -0.2) is 4.79 Å². The smallest absolute Gasteiger partial charge is 0.344 e. The summed E-state index contributed by atoms with van der Waals surface area (Å²) in [5.74, 6) is -0.173. The minimum absolute atomic E-state index is 0.139. The summed E-state index contributed by atoms with van der Waals surface area (Å²) in [6, 6.07) is 15.9. The lowest BCUT2D eigenvalue weighted by atomic mass is 9.97. The average Bonchev–Trinajstić information content (AvgIpc) is 2.71. The second-order valence-electron chi connectivity index (χ2n) is 6.80. The number of hydrogen-bond acceptors (Lipinski definition) is 5. The fourth-order valence-electron chi connectivity index (χ4n) is 2.64. The molecule has 0 spiro atoms. The molecule has 148 valence electrons. The van der Waals surface area contributed by atoms with Crippen LogP contribution in [0.4, 0.5) is 0 Å². The largest absolute Gasteiger partial charge is 0.482 e. The molecule has 2 rings (SSSR count). The number of esters is 1. The van der Waals surface area contributed by atoms with Crippen molar-refractivity contribution in [3.63, 3.8) is 0 Å². The van der Waals surface area contributed by atoms with E-state index < -0.39 is 5.97 Å². The maximum absolute atomic E-state index is 12.2. The molecule has 0 aliphatic heterocycles. The lowest BCUT2D eigenvalue weighted by molar-refractivity contribution is -0.150. The summed E-state index contributed by atoms with van der Waals surface area (Å²) in [6.07, 6.45) is 1.50. The Morgan fingerprint density at radius 3 is 2.29 bits per heavy atom. The van der Waals surface area contributed by atoms with E-state index in [0.29, 0.717) is 17.2 Å². The molecule has 0 heterocycles. The number of carbonyl (C=O) groups is 3. The van der Waals surface area contributed by atoms with Crippen molar-refractivity contribution < 1.29 is 23.9 Å². The van der Waals surface area contributed by atoms with E-state index in [2.05, 4.69) is 19.2 Å². The number of aldehydes is 1. The van der Waals surface area contributed by atoms with Crippen LogP contribution in [-0.4, -0.2) is 31.4 Å². The average molecular weight is 383 g/mol. The molecule has 0 unspecified atom stereocenters. The van der Waals surface area contributed by atoms with Crippen molar-refractivity contribution in [2.75, 3.05) is 13.2 Å². The van der Waals surface area contributed by atoms with E-state index in [4.69, 9.17) is 9.47 Å². The molecule has 6 nitrogen and oxygen atoms in total. The summed E-state index contributed by atoms with van der Waals surface area (Å²) in [6.45, 7) is 3.48. The molecule has 0 aliphatic rings. The van der Waals surface area contributed by atoms with Gasteiger partial charge in [0, 0.05) is 5.56 Å². The topological polar surface area (TPSA) is 81.7 Å². The molecule has 0 radical (unpaired) electrons. The number of benzene rings is 2. The lowest BCUT2D eigenvalue weighted by Gasteiger charge is -2.21. The summed E-state index contributed by atoms with van der Waals surface area (Å²) in [5.41, 5.74) is 1.53. The zero-order chi connectivity index (χ0) is 20.4. The molecule has 2 aromatic rings. The third-order valence-electron chi connectivity index (χ3n) is 3.98. The molecule has 1 amide bonds. The molecule has 2 aromatic carbocycles. The Hall–Kier alpha value is -3.15. The van der Waals surface area contributed by atoms with Crippen LogP contribution in [-0.2, 0) is 14.3 Å². The maximum Gasteiger partial charge on any atom is 0.344 e. The van der Waals surface area contributed by atoms with Gasteiger partial charge >= 0.3 is 5.97 Å². The number of rotatable bonds is 10. The first-order valence-corrected chi connectivity index (χ1v) is 9.16. The van der Waals surface area contributed by atoms with Gasteiger partial charge < -0.3 is 14.8 Å². The second-order valence-corrected chi connectivity index (χ2v) is 6.80. The first-order valence-electron chi connectivity index (χ1n) is 9.16. The predicted octanol–water partition coefficient (Wildman–Crippen LogP) is 3.32. The van der Waals surface area contributed by atoms with Crippen LogP contribution in [0, 0.1) is 5.92 Å². The SMILES string of the molecule is CC(C)C[C@@H](NC(=O)COC(=O)COc1ccc(C=O)cc1)c1ccccc1. The number of ether oxygens (including phenoxy) is 2. The fourth-order valence-corrected chi connectivity index (χ4v) is 2.64. The highest BCUT2D eigenvalue weighted by atomic mass is 16.6. The van der Waals surface area contributed by atoms with Crippen LogP contribution in [0.2, 0.25) is 0 Å². The van der Waals surface area contributed by atoms with Crippen LogP contribution < -0.4 is 10.1 Å². The third kappa shape index (κ3) is 7.23. The van der Waals surface area contributed by atoms with E-state index in [1.807, 2.05) is 30.3 Å². The van der Waals surface area contributed by atoms with E-state index in [1.165, 1.54) is 0 Å². The van der Waals surface area contributed by atoms with Crippen molar-refractivity contribution in [2.24, 2.45) is 5.92 Å². The molecule has 0 bridgehead atoms. The molecule has 1 atom stereocenters. The summed E-state index contributed by atoms with van der Waals surface area (Å²) < 4.78 is 10.3. The van der Waals surface area contributed by atoms with Crippen LogP contribution in [0.1, 0.15) is 42.2 Å². The number of hydrogen-bond donors (Lipinski definition) is 1. The third-order valence-corrected chi connectivity index (χ3v) is 3.98. The van der Waals surface area contributed by atoms with Crippen molar-refractivity contribution in [2.45, 2.75) is 26.3 Å².